The Hall–Kier alpha value is -1.12. The van der Waals surface area contributed by atoms with E-state index in [0.717, 1.165) is 12.8 Å². The smallest absolute Gasteiger partial charge is 0.226 e. The van der Waals surface area contributed by atoms with Crippen LogP contribution in [0.1, 0.15) is 32.1 Å². The minimum Gasteiger partial charge on any atom is -0.336 e. The van der Waals surface area contributed by atoms with Crippen molar-refractivity contribution in [2.24, 2.45) is 0 Å². The van der Waals surface area contributed by atoms with Crippen molar-refractivity contribution in [3.8, 4) is 0 Å². The zero-order valence-electron chi connectivity index (χ0n) is 8.24. The van der Waals surface area contributed by atoms with E-state index in [4.69, 9.17) is 0 Å². The van der Waals surface area contributed by atoms with Gasteiger partial charge in [0.15, 0.2) is 0 Å². The first-order chi connectivity index (χ1) is 6.72. The number of Topliss-reactive ketones (excluding diaryl/α,β-unsaturated/α-hetero) is 1. The maximum Gasteiger partial charge on any atom is 0.226 e. The molecule has 2 bridgehead atoms. The highest BCUT2D eigenvalue weighted by molar-refractivity contribution is 5.86. The second kappa shape index (κ2) is 3.56. The highest BCUT2D eigenvalue weighted by Gasteiger charge is 2.41. The summed E-state index contributed by atoms with van der Waals surface area (Å²) in [5.41, 5.74) is 0. The predicted octanol–water partition coefficient (Wildman–Crippen LogP) is 1.29. The molecule has 3 nitrogen and oxygen atoms in total. The van der Waals surface area contributed by atoms with E-state index in [2.05, 4.69) is 6.58 Å². The summed E-state index contributed by atoms with van der Waals surface area (Å²) < 4.78 is 0. The summed E-state index contributed by atoms with van der Waals surface area (Å²) >= 11 is 0. The Bertz CT molecular complexity index is 269. The van der Waals surface area contributed by atoms with Gasteiger partial charge in [0, 0.05) is 31.3 Å². The molecule has 3 heteroatoms. The van der Waals surface area contributed by atoms with Crippen LogP contribution in [0.15, 0.2) is 12.7 Å². The van der Waals surface area contributed by atoms with Gasteiger partial charge in [-0.1, -0.05) is 6.08 Å². The monoisotopic (exact) mass is 193 g/mol. The molecule has 1 amide bonds. The molecule has 0 aromatic rings. The van der Waals surface area contributed by atoms with Crippen LogP contribution in [0.2, 0.25) is 0 Å². The van der Waals surface area contributed by atoms with Crippen LogP contribution in [0.5, 0.6) is 0 Å². The van der Waals surface area contributed by atoms with Crippen LogP contribution in [0.3, 0.4) is 0 Å². The fraction of sp³-hybridized carbons (Fsp3) is 0.636. The van der Waals surface area contributed by atoms with Crippen LogP contribution >= 0.6 is 0 Å². The highest BCUT2D eigenvalue weighted by Crippen LogP contribution is 2.34. The van der Waals surface area contributed by atoms with Crippen molar-refractivity contribution in [2.45, 2.75) is 44.2 Å². The number of carbonyl (C=O) groups excluding carboxylic acids is 2. The van der Waals surface area contributed by atoms with Gasteiger partial charge < -0.3 is 4.90 Å². The summed E-state index contributed by atoms with van der Waals surface area (Å²) in [6.45, 7) is 3.57. The normalized spacial score (nSPS) is 30.6. The van der Waals surface area contributed by atoms with Gasteiger partial charge in [-0.25, -0.2) is 0 Å². The summed E-state index contributed by atoms with van der Waals surface area (Å²) in [4.78, 5) is 24.9. The Kier molecular flexibility index (Phi) is 2.40. The van der Waals surface area contributed by atoms with E-state index in [1.165, 1.54) is 0 Å². The number of rotatable bonds is 2. The molecule has 2 saturated heterocycles. The SMILES string of the molecule is C=CCC(=O)N1[C@@H]2CC[C@H]1CC(=O)C2. The van der Waals surface area contributed by atoms with Crippen molar-refractivity contribution in [3.05, 3.63) is 12.7 Å². The number of nitrogens with zero attached hydrogens (tertiary/aromatic N) is 1. The predicted molar refractivity (Wildman–Crippen MR) is 52.7 cm³/mol. The third-order valence-corrected chi connectivity index (χ3v) is 3.15. The molecule has 2 atom stereocenters. The van der Waals surface area contributed by atoms with Crippen LogP contribution < -0.4 is 0 Å². The fourth-order valence-electron chi connectivity index (χ4n) is 2.61. The summed E-state index contributed by atoms with van der Waals surface area (Å²) in [7, 11) is 0. The number of hydrogen-bond donors (Lipinski definition) is 0. The number of fused-ring (bicyclic) bond motifs is 2. The fourth-order valence-corrected chi connectivity index (χ4v) is 2.61. The van der Waals surface area contributed by atoms with Gasteiger partial charge in [-0.15, -0.1) is 6.58 Å². The third-order valence-electron chi connectivity index (χ3n) is 3.15. The Labute approximate surface area is 83.8 Å². The molecule has 2 heterocycles. The molecule has 2 rings (SSSR count). The van der Waals surface area contributed by atoms with E-state index in [0.29, 0.717) is 25.0 Å². The van der Waals surface area contributed by atoms with Crippen molar-refractivity contribution in [1.29, 1.82) is 0 Å². The molecule has 2 aliphatic rings. The molecule has 14 heavy (non-hydrogen) atoms. The topological polar surface area (TPSA) is 37.4 Å². The second-order valence-corrected chi connectivity index (χ2v) is 4.13. The number of piperidine rings is 1. The molecular weight excluding hydrogens is 178 g/mol. The maximum absolute atomic E-state index is 11.7. The molecule has 0 aliphatic carbocycles. The molecule has 0 saturated carbocycles. The molecule has 0 N–H and O–H groups in total. The molecule has 2 fully saturated rings. The van der Waals surface area contributed by atoms with Crippen molar-refractivity contribution >= 4 is 11.7 Å². The lowest BCUT2D eigenvalue weighted by Gasteiger charge is -2.33. The van der Waals surface area contributed by atoms with E-state index < -0.39 is 0 Å². The van der Waals surface area contributed by atoms with Crippen molar-refractivity contribution in [3.63, 3.8) is 0 Å². The molecular formula is C11H15NO2. The Morgan fingerprint density at radius 3 is 2.50 bits per heavy atom. The minimum atomic E-state index is 0.139. The van der Waals surface area contributed by atoms with Crippen molar-refractivity contribution < 1.29 is 9.59 Å². The first kappa shape index (κ1) is 9.44. The minimum absolute atomic E-state index is 0.139. The molecule has 0 aromatic carbocycles. The summed E-state index contributed by atoms with van der Waals surface area (Å²) in [5, 5.41) is 0. The Morgan fingerprint density at radius 2 is 2.00 bits per heavy atom. The Balaban J connectivity index is 2.10. The summed E-state index contributed by atoms with van der Waals surface area (Å²) in [5.74, 6) is 0.458. The van der Waals surface area contributed by atoms with E-state index >= 15 is 0 Å². The molecule has 76 valence electrons. The number of amides is 1. The standard InChI is InChI=1S/C11H15NO2/c1-2-3-11(14)12-8-4-5-9(12)7-10(13)6-8/h2,8-9H,1,3-7H2/t8-,9+. The van der Waals surface area contributed by atoms with Crippen molar-refractivity contribution in [2.75, 3.05) is 0 Å². The van der Waals surface area contributed by atoms with Crippen molar-refractivity contribution in [1.82, 2.24) is 4.90 Å². The molecule has 0 radical (unpaired) electrons. The second-order valence-electron chi connectivity index (χ2n) is 4.13. The molecule has 2 aliphatic heterocycles. The zero-order chi connectivity index (χ0) is 10.1. The summed E-state index contributed by atoms with van der Waals surface area (Å²) in [6.07, 6.45) is 5.18. The van der Waals surface area contributed by atoms with Gasteiger partial charge in [0.1, 0.15) is 5.78 Å². The van der Waals surface area contributed by atoms with Gasteiger partial charge in [0.25, 0.3) is 0 Å². The number of carbonyl (C=O) groups is 2. The van der Waals surface area contributed by atoms with E-state index in [9.17, 15) is 9.59 Å². The van der Waals surface area contributed by atoms with Gasteiger partial charge >= 0.3 is 0 Å². The lowest BCUT2D eigenvalue weighted by atomic mass is 10.0. The lowest BCUT2D eigenvalue weighted by molar-refractivity contribution is -0.137. The third kappa shape index (κ3) is 1.47. The Morgan fingerprint density at radius 1 is 1.43 bits per heavy atom. The molecule has 0 aromatic heterocycles. The van der Waals surface area contributed by atoms with Gasteiger partial charge in [0.2, 0.25) is 5.91 Å². The molecule has 0 unspecified atom stereocenters. The molecule has 0 spiro atoms. The van der Waals surface area contributed by atoms with Crippen LogP contribution in [-0.4, -0.2) is 28.7 Å². The van der Waals surface area contributed by atoms with Gasteiger partial charge in [-0.05, 0) is 12.8 Å². The van der Waals surface area contributed by atoms with Crippen LogP contribution in [0.4, 0.5) is 0 Å². The van der Waals surface area contributed by atoms with Gasteiger partial charge in [0.05, 0.1) is 0 Å². The van der Waals surface area contributed by atoms with Gasteiger partial charge in [-0.2, -0.15) is 0 Å². The number of ketones is 1. The first-order valence-corrected chi connectivity index (χ1v) is 5.16. The maximum atomic E-state index is 11.7. The van der Waals surface area contributed by atoms with Crippen LogP contribution in [-0.2, 0) is 9.59 Å². The zero-order valence-corrected chi connectivity index (χ0v) is 8.24. The quantitative estimate of drug-likeness (QED) is 0.620. The lowest BCUT2D eigenvalue weighted by Crippen LogP contribution is -2.46. The van der Waals surface area contributed by atoms with E-state index in [1.807, 2.05) is 4.90 Å². The van der Waals surface area contributed by atoms with E-state index in [1.54, 1.807) is 6.08 Å². The van der Waals surface area contributed by atoms with Crippen LogP contribution in [0.25, 0.3) is 0 Å². The first-order valence-electron chi connectivity index (χ1n) is 5.16. The summed E-state index contributed by atoms with van der Waals surface area (Å²) in [6, 6.07) is 0.377. The highest BCUT2D eigenvalue weighted by atomic mass is 16.2. The largest absolute Gasteiger partial charge is 0.336 e. The number of hydrogen-bond acceptors (Lipinski definition) is 2. The van der Waals surface area contributed by atoms with E-state index in [-0.39, 0.29) is 18.0 Å². The van der Waals surface area contributed by atoms with Crippen LogP contribution in [0, 0.1) is 0 Å². The average molecular weight is 193 g/mol. The van der Waals surface area contributed by atoms with Gasteiger partial charge in [-0.3, -0.25) is 9.59 Å². The average Bonchev–Trinajstić information content (AvgIpc) is 2.39.